The van der Waals surface area contributed by atoms with Crippen molar-refractivity contribution in [3.63, 3.8) is 0 Å². The first-order chi connectivity index (χ1) is 11.4. The number of benzene rings is 2. The van der Waals surface area contributed by atoms with E-state index < -0.39 is 6.04 Å². The topological polar surface area (TPSA) is 84.2 Å². The van der Waals surface area contributed by atoms with Gasteiger partial charge in [-0.15, -0.1) is 0 Å². The van der Waals surface area contributed by atoms with Crippen molar-refractivity contribution in [3.05, 3.63) is 65.2 Å². The third-order valence-electron chi connectivity index (χ3n) is 3.55. The van der Waals surface area contributed by atoms with Gasteiger partial charge in [0.25, 0.3) is 5.91 Å². The molecule has 0 radical (unpaired) electrons. The van der Waals surface area contributed by atoms with Crippen molar-refractivity contribution >= 4 is 17.5 Å². The molecule has 0 aromatic heterocycles. The fraction of sp³-hybridized carbons (Fsp3) is 0.263. The van der Waals surface area contributed by atoms with E-state index in [0.29, 0.717) is 11.3 Å². The summed E-state index contributed by atoms with van der Waals surface area (Å²) in [6, 6.07) is 13.6. The minimum absolute atomic E-state index is 0.0735. The maximum Gasteiger partial charge on any atom is 0.251 e. The van der Waals surface area contributed by atoms with Crippen molar-refractivity contribution in [1.29, 1.82) is 0 Å². The third-order valence-corrected chi connectivity index (χ3v) is 3.55. The molecule has 5 heteroatoms. The summed E-state index contributed by atoms with van der Waals surface area (Å²) in [6.45, 7) is 5.78. The molecule has 1 atom stereocenters. The average molecular weight is 325 g/mol. The van der Waals surface area contributed by atoms with Crippen molar-refractivity contribution in [1.82, 2.24) is 5.32 Å². The van der Waals surface area contributed by atoms with Crippen LogP contribution < -0.4 is 16.4 Å². The van der Waals surface area contributed by atoms with E-state index in [0.717, 1.165) is 11.1 Å². The number of nitrogens with two attached hydrogens (primary N) is 1. The quantitative estimate of drug-likeness (QED) is 0.790. The molecule has 0 aliphatic carbocycles. The van der Waals surface area contributed by atoms with Crippen LogP contribution in [0.25, 0.3) is 0 Å². The maximum absolute atomic E-state index is 12.2. The molecular formula is C19H23N3O2. The van der Waals surface area contributed by atoms with Gasteiger partial charge in [-0.05, 0) is 50.6 Å². The second kappa shape index (κ2) is 7.75. The molecule has 4 N–H and O–H groups in total. The van der Waals surface area contributed by atoms with Crippen molar-refractivity contribution in [2.45, 2.75) is 32.9 Å². The van der Waals surface area contributed by atoms with Gasteiger partial charge in [-0.3, -0.25) is 9.59 Å². The summed E-state index contributed by atoms with van der Waals surface area (Å²) in [5.74, 6) is -0.433. The van der Waals surface area contributed by atoms with Gasteiger partial charge in [0.1, 0.15) is 6.04 Å². The smallest absolute Gasteiger partial charge is 0.251 e. The van der Waals surface area contributed by atoms with E-state index in [9.17, 15) is 9.59 Å². The van der Waals surface area contributed by atoms with E-state index in [2.05, 4.69) is 10.6 Å². The summed E-state index contributed by atoms with van der Waals surface area (Å²) in [7, 11) is 0. The number of rotatable bonds is 5. The predicted octanol–water partition coefficient (Wildman–Crippen LogP) is 2.77. The van der Waals surface area contributed by atoms with Gasteiger partial charge < -0.3 is 16.4 Å². The van der Waals surface area contributed by atoms with Gasteiger partial charge in [-0.1, -0.05) is 29.8 Å². The van der Waals surface area contributed by atoms with Gasteiger partial charge in [0.2, 0.25) is 5.91 Å². The Bertz CT molecular complexity index is 706. The molecule has 0 aliphatic heterocycles. The molecule has 0 spiro atoms. The van der Waals surface area contributed by atoms with Gasteiger partial charge in [0.05, 0.1) is 0 Å². The van der Waals surface area contributed by atoms with E-state index in [-0.39, 0.29) is 17.9 Å². The first-order valence-corrected chi connectivity index (χ1v) is 7.91. The Hall–Kier alpha value is -2.66. The highest BCUT2D eigenvalue weighted by atomic mass is 16.2. The summed E-state index contributed by atoms with van der Waals surface area (Å²) >= 11 is 0. The number of carbonyl (C=O) groups is 2. The fourth-order valence-electron chi connectivity index (χ4n) is 2.20. The van der Waals surface area contributed by atoms with Crippen LogP contribution in [-0.4, -0.2) is 17.9 Å². The molecule has 0 saturated carbocycles. The fourth-order valence-corrected chi connectivity index (χ4v) is 2.20. The highest BCUT2D eigenvalue weighted by molar-refractivity contribution is 5.97. The van der Waals surface area contributed by atoms with E-state index in [4.69, 9.17) is 5.73 Å². The molecule has 0 saturated heterocycles. The van der Waals surface area contributed by atoms with Crippen molar-refractivity contribution in [3.8, 4) is 0 Å². The van der Waals surface area contributed by atoms with Gasteiger partial charge >= 0.3 is 0 Å². The van der Waals surface area contributed by atoms with Crippen LogP contribution >= 0.6 is 0 Å². The SMILES string of the molecule is Cc1ccc(C(N)C(=O)Nc2ccc(C(=O)NC(C)C)cc2)cc1. The monoisotopic (exact) mass is 325 g/mol. The largest absolute Gasteiger partial charge is 0.350 e. The number of hydrogen-bond donors (Lipinski definition) is 3. The van der Waals surface area contributed by atoms with Crippen LogP contribution in [0, 0.1) is 6.92 Å². The number of aryl methyl sites for hydroxylation is 1. The Morgan fingerprint density at radius 3 is 2.08 bits per heavy atom. The third kappa shape index (κ3) is 4.67. The van der Waals surface area contributed by atoms with Crippen LogP contribution in [0.1, 0.15) is 41.4 Å². The summed E-state index contributed by atoms with van der Waals surface area (Å²) in [5.41, 5.74) is 9.01. The normalized spacial score (nSPS) is 11.9. The molecule has 24 heavy (non-hydrogen) atoms. The molecule has 2 rings (SSSR count). The van der Waals surface area contributed by atoms with Gasteiger partial charge in [0.15, 0.2) is 0 Å². The van der Waals surface area contributed by atoms with E-state index in [1.807, 2.05) is 45.0 Å². The van der Waals surface area contributed by atoms with Crippen LogP contribution in [0.2, 0.25) is 0 Å². The van der Waals surface area contributed by atoms with E-state index in [1.165, 1.54) is 0 Å². The molecule has 2 amide bonds. The lowest BCUT2D eigenvalue weighted by molar-refractivity contribution is -0.117. The van der Waals surface area contributed by atoms with Crippen molar-refractivity contribution in [2.75, 3.05) is 5.32 Å². The zero-order valence-electron chi connectivity index (χ0n) is 14.2. The number of carbonyl (C=O) groups excluding carboxylic acids is 2. The van der Waals surface area contributed by atoms with Gasteiger partial charge in [-0.25, -0.2) is 0 Å². The minimum Gasteiger partial charge on any atom is -0.350 e. The second-order valence-corrected chi connectivity index (χ2v) is 6.08. The molecule has 0 heterocycles. The lowest BCUT2D eigenvalue weighted by Gasteiger charge is -2.13. The Balaban J connectivity index is 2.01. The summed E-state index contributed by atoms with van der Waals surface area (Å²) in [5, 5.41) is 5.58. The molecule has 0 bridgehead atoms. The summed E-state index contributed by atoms with van der Waals surface area (Å²) in [4.78, 5) is 24.1. The molecule has 0 fully saturated rings. The lowest BCUT2D eigenvalue weighted by atomic mass is 10.1. The predicted molar refractivity (Wildman–Crippen MR) is 95.8 cm³/mol. The second-order valence-electron chi connectivity index (χ2n) is 6.08. The zero-order chi connectivity index (χ0) is 17.7. The first kappa shape index (κ1) is 17.7. The molecule has 1 unspecified atom stereocenters. The summed E-state index contributed by atoms with van der Waals surface area (Å²) in [6.07, 6.45) is 0. The number of nitrogens with one attached hydrogen (secondary N) is 2. The minimum atomic E-state index is -0.741. The van der Waals surface area contributed by atoms with Crippen molar-refractivity contribution < 1.29 is 9.59 Å². The molecule has 126 valence electrons. The van der Waals surface area contributed by atoms with Crippen LogP contribution in [0.5, 0.6) is 0 Å². The molecule has 2 aromatic rings. The number of anilines is 1. The molecule has 2 aromatic carbocycles. The maximum atomic E-state index is 12.2. The number of amides is 2. The van der Waals surface area contributed by atoms with Crippen LogP contribution in [0.3, 0.4) is 0 Å². The molecule has 5 nitrogen and oxygen atoms in total. The van der Waals surface area contributed by atoms with E-state index >= 15 is 0 Å². The lowest BCUT2D eigenvalue weighted by Crippen LogP contribution is -2.30. The van der Waals surface area contributed by atoms with Crippen LogP contribution in [0.15, 0.2) is 48.5 Å². The average Bonchev–Trinajstić information content (AvgIpc) is 2.55. The van der Waals surface area contributed by atoms with Crippen LogP contribution in [0.4, 0.5) is 5.69 Å². The van der Waals surface area contributed by atoms with Crippen molar-refractivity contribution in [2.24, 2.45) is 5.73 Å². The summed E-state index contributed by atoms with van der Waals surface area (Å²) < 4.78 is 0. The standard InChI is InChI=1S/C19H23N3O2/c1-12(2)21-18(23)15-8-10-16(11-9-15)22-19(24)17(20)14-6-4-13(3)5-7-14/h4-12,17H,20H2,1-3H3,(H,21,23)(H,22,24). The Morgan fingerprint density at radius 1 is 0.958 bits per heavy atom. The van der Waals surface area contributed by atoms with Crippen LogP contribution in [-0.2, 0) is 4.79 Å². The van der Waals surface area contributed by atoms with Gasteiger partial charge in [0, 0.05) is 17.3 Å². The highest BCUT2D eigenvalue weighted by Gasteiger charge is 2.16. The molecular weight excluding hydrogens is 302 g/mol. The Labute approximate surface area is 142 Å². The van der Waals surface area contributed by atoms with E-state index in [1.54, 1.807) is 24.3 Å². The Kier molecular flexibility index (Phi) is 5.71. The van der Waals surface area contributed by atoms with Gasteiger partial charge in [-0.2, -0.15) is 0 Å². The Morgan fingerprint density at radius 2 is 1.54 bits per heavy atom. The number of hydrogen-bond acceptors (Lipinski definition) is 3. The molecule has 0 aliphatic rings. The zero-order valence-corrected chi connectivity index (χ0v) is 14.2. The highest BCUT2D eigenvalue weighted by Crippen LogP contribution is 2.15. The first-order valence-electron chi connectivity index (χ1n) is 7.91.